The number of likely N-dealkylation sites (N-methyl/N-ethyl adjacent to an activating group) is 1. The lowest BCUT2D eigenvalue weighted by molar-refractivity contribution is -0.0270. The Morgan fingerprint density at radius 3 is 2.26 bits per heavy atom. The highest BCUT2D eigenvalue weighted by molar-refractivity contribution is 5.93. The SMILES string of the molecule is CCN(Cc1ccc(C(=O)N(C)C)cc1)CC1(O)CCCCC1. The molecule has 1 saturated carbocycles. The van der Waals surface area contributed by atoms with E-state index in [9.17, 15) is 9.90 Å². The number of benzene rings is 1. The van der Waals surface area contributed by atoms with Crippen molar-refractivity contribution in [1.29, 1.82) is 0 Å². The molecular formula is C19H30N2O2. The third kappa shape index (κ3) is 5.05. The normalized spacial score (nSPS) is 17.3. The summed E-state index contributed by atoms with van der Waals surface area (Å²) in [7, 11) is 3.53. The lowest BCUT2D eigenvalue weighted by atomic mass is 9.84. The average Bonchev–Trinajstić information content (AvgIpc) is 2.54. The molecule has 1 amide bonds. The Labute approximate surface area is 140 Å². The summed E-state index contributed by atoms with van der Waals surface area (Å²) in [5.41, 5.74) is 1.38. The van der Waals surface area contributed by atoms with Gasteiger partial charge in [-0.1, -0.05) is 38.3 Å². The maximum absolute atomic E-state index is 11.9. The fraction of sp³-hybridized carbons (Fsp3) is 0.632. The first kappa shape index (κ1) is 18.0. The molecule has 2 rings (SSSR count). The number of rotatable bonds is 6. The van der Waals surface area contributed by atoms with Crippen LogP contribution in [-0.2, 0) is 6.54 Å². The van der Waals surface area contributed by atoms with Crippen molar-refractivity contribution in [2.45, 2.75) is 51.2 Å². The van der Waals surface area contributed by atoms with E-state index in [0.717, 1.165) is 45.3 Å². The van der Waals surface area contributed by atoms with E-state index < -0.39 is 5.60 Å². The van der Waals surface area contributed by atoms with Crippen LogP contribution in [0.5, 0.6) is 0 Å². The third-order valence-electron chi connectivity index (χ3n) is 4.76. The second kappa shape index (κ2) is 7.93. The third-order valence-corrected chi connectivity index (χ3v) is 4.76. The van der Waals surface area contributed by atoms with Gasteiger partial charge in [-0.2, -0.15) is 0 Å². The van der Waals surface area contributed by atoms with Gasteiger partial charge in [0.2, 0.25) is 0 Å². The molecular weight excluding hydrogens is 288 g/mol. The first-order chi connectivity index (χ1) is 10.9. The average molecular weight is 318 g/mol. The number of carbonyl (C=O) groups is 1. The van der Waals surface area contributed by atoms with E-state index in [1.807, 2.05) is 24.3 Å². The molecule has 0 unspecified atom stereocenters. The van der Waals surface area contributed by atoms with Gasteiger partial charge in [-0.05, 0) is 37.1 Å². The van der Waals surface area contributed by atoms with Gasteiger partial charge in [0, 0.05) is 32.7 Å². The molecule has 0 atom stereocenters. The number of carbonyl (C=O) groups excluding carboxylic acids is 1. The van der Waals surface area contributed by atoms with Crippen molar-refractivity contribution in [3.8, 4) is 0 Å². The van der Waals surface area contributed by atoms with Crippen LogP contribution < -0.4 is 0 Å². The molecule has 1 aliphatic carbocycles. The molecule has 0 bridgehead atoms. The molecule has 0 heterocycles. The van der Waals surface area contributed by atoms with Crippen LogP contribution in [0.15, 0.2) is 24.3 Å². The Morgan fingerprint density at radius 1 is 1.13 bits per heavy atom. The minimum absolute atomic E-state index is 0.0282. The Bertz CT molecular complexity index is 505. The lowest BCUT2D eigenvalue weighted by Crippen LogP contribution is -2.44. The quantitative estimate of drug-likeness (QED) is 0.877. The summed E-state index contributed by atoms with van der Waals surface area (Å²) >= 11 is 0. The van der Waals surface area contributed by atoms with Gasteiger partial charge in [-0.15, -0.1) is 0 Å². The highest BCUT2D eigenvalue weighted by Gasteiger charge is 2.30. The van der Waals surface area contributed by atoms with Gasteiger partial charge < -0.3 is 10.0 Å². The molecule has 0 spiro atoms. The van der Waals surface area contributed by atoms with Crippen LogP contribution in [0.1, 0.15) is 54.9 Å². The van der Waals surface area contributed by atoms with Crippen LogP contribution >= 0.6 is 0 Å². The van der Waals surface area contributed by atoms with Crippen LogP contribution in [0, 0.1) is 0 Å². The Kier molecular flexibility index (Phi) is 6.19. The molecule has 4 heteroatoms. The van der Waals surface area contributed by atoms with E-state index in [1.165, 1.54) is 12.0 Å². The van der Waals surface area contributed by atoms with Gasteiger partial charge in [0.05, 0.1) is 5.60 Å². The number of nitrogens with zero attached hydrogens (tertiary/aromatic N) is 2. The largest absolute Gasteiger partial charge is 0.389 e. The molecule has 1 aromatic rings. The molecule has 23 heavy (non-hydrogen) atoms. The number of hydrogen-bond acceptors (Lipinski definition) is 3. The summed E-state index contributed by atoms with van der Waals surface area (Å²) in [6.07, 6.45) is 5.35. The lowest BCUT2D eigenvalue weighted by Gasteiger charge is -2.36. The fourth-order valence-electron chi connectivity index (χ4n) is 3.33. The molecule has 1 aliphatic rings. The molecule has 128 valence electrons. The Hall–Kier alpha value is -1.39. The molecule has 4 nitrogen and oxygen atoms in total. The van der Waals surface area contributed by atoms with Crippen molar-refractivity contribution in [3.63, 3.8) is 0 Å². The van der Waals surface area contributed by atoms with Crippen LogP contribution in [0.4, 0.5) is 0 Å². The highest BCUT2D eigenvalue weighted by atomic mass is 16.3. The standard InChI is InChI=1S/C19H30N2O2/c1-4-21(15-19(23)12-6-5-7-13-19)14-16-8-10-17(11-9-16)18(22)20(2)3/h8-11,23H,4-7,12-15H2,1-3H3. The van der Waals surface area contributed by atoms with E-state index in [4.69, 9.17) is 0 Å². The minimum atomic E-state index is -0.519. The second-order valence-corrected chi connectivity index (χ2v) is 6.98. The van der Waals surface area contributed by atoms with Crippen LogP contribution in [-0.4, -0.2) is 53.6 Å². The Balaban J connectivity index is 1.97. The van der Waals surface area contributed by atoms with E-state index in [0.29, 0.717) is 5.56 Å². The maximum atomic E-state index is 11.9. The smallest absolute Gasteiger partial charge is 0.253 e. The summed E-state index contributed by atoms with van der Waals surface area (Å²) in [5, 5.41) is 10.7. The van der Waals surface area contributed by atoms with E-state index in [1.54, 1.807) is 19.0 Å². The number of aliphatic hydroxyl groups is 1. The number of amides is 1. The van der Waals surface area contributed by atoms with Crippen molar-refractivity contribution in [3.05, 3.63) is 35.4 Å². The number of hydrogen-bond donors (Lipinski definition) is 1. The van der Waals surface area contributed by atoms with Crippen molar-refractivity contribution in [2.24, 2.45) is 0 Å². The summed E-state index contributed by atoms with van der Waals surface area (Å²) in [6.45, 7) is 4.61. The predicted octanol–water partition coefficient (Wildman–Crippen LogP) is 2.91. The molecule has 1 aromatic carbocycles. The van der Waals surface area contributed by atoms with Crippen molar-refractivity contribution >= 4 is 5.91 Å². The van der Waals surface area contributed by atoms with Gasteiger partial charge in [0.1, 0.15) is 0 Å². The zero-order chi connectivity index (χ0) is 16.9. The Morgan fingerprint density at radius 2 is 1.74 bits per heavy atom. The first-order valence-electron chi connectivity index (χ1n) is 8.69. The van der Waals surface area contributed by atoms with E-state index >= 15 is 0 Å². The molecule has 0 aliphatic heterocycles. The predicted molar refractivity (Wildman–Crippen MR) is 93.4 cm³/mol. The minimum Gasteiger partial charge on any atom is -0.389 e. The topological polar surface area (TPSA) is 43.8 Å². The van der Waals surface area contributed by atoms with Crippen molar-refractivity contribution in [1.82, 2.24) is 9.80 Å². The van der Waals surface area contributed by atoms with E-state index in [2.05, 4.69) is 11.8 Å². The van der Waals surface area contributed by atoms with Crippen molar-refractivity contribution in [2.75, 3.05) is 27.2 Å². The van der Waals surface area contributed by atoms with Gasteiger partial charge >= 0.3 is 0 Å². The van der Waals surface area contributed by atoms with Crippen LogP contribution in [0.2, 0.25) is 0 Å². The zero-order valence-corrected chi connectivity index (χ0v) is 14.7. The summed E-state index contributed by atoms with van der Waals surface area (Å²) < 4.78 is 0. The zero-order valence-electron chi connectivity index (χ0n) is 14.7. The summed E-state index contributed by atoms with van der Waals surface area (Å²) in [4.78, 5) is 15.8. The molecule has 0 saturated heterocycles. The molecule has 0 aromatic heterocycles. The highest BCUT2D eigenvalue weighted by Crippen LogP contribution is 2.29. The van der Waals surface area contributed by atoms with Gasteiger partial charge in [0.15, 0.2) is 0 Å². The van der Waals surface area contributed by atoms with Crippen LogP contribution in [0.25, 0.3) is 0 Å². The van der Waals surface area contributed by atoms with Gasteiger partial charge in [0.25, 0.3) is 5.91 Å². The first-order valence-corrected chi connectivity index (χ1v) is 8.69. The molecule has 0 radical (unpaired) electrons. The second-order valence-electron chi connectivity index (χ2n) is 6.98. The van der Waals surface area contributed by atoms with E-state index in [-0.39, 0.29) is 5.91 Å². The van der Waals surface area contributed by atoms with Crippen LogP contribution in [0.3, 0.4) is 0 Å². The van der Waals surface area contributed by atoms with Crippen molar-refractivity contribution < 1.29 is 9.90 Å². The molecule has 1 N–H and O–H groups in total. The van der Waals surface area contributed by atoms with Gasteiger partial charge in [-0.3, -0.25) is 9.69 Å². The fourth-order valence-corrected chi connectivity index (χ4v) is 3.33. The molecule has 1 fully saturated rings. The summed E-state index contributed by atoms with van der Waals surface area (Å²) in [6, 6.07) is 7.82. The summed E-state index contributed by atoms with van der Waals surface area (Å²) in [5.74, 6) is 0.0282. The van der Waals surface area contributed by atoms with Gasteiger partial charge in [-0.25, -0.2) is 0 Å². The monoisotopic (exact) mass is 318 g/mol. The maximum Gasteiger partial charge on any atom is 0.253 e.